The summed E-state index contributed by atoms with van der Waals surface area (Å²) in [5.41, 5.74) is 1.27. The maximum Gasteiger partial charge on any atom is 0.245 e. The van der Waals surface area contributed by atoms with Crippen LogP contribution in [-0.2, 0) is 4.79 Å². The summed E-state index contributed by atoms with van der Waals surface area (Å²) in [5.74, 6) is 1.70. The number of carbonyl (C=O) groups excluding carboxylic acids is 1. The number of hydrogen-bond donors (Lipinski definition) is 2. The van der Waals surface area contributed by atoms with E-state index in [1.807, 2.05) is 6.07 Å². The molecule has 0 radical (unpaired) electrons. The van der Waals surface area contributed by atoms with Crippen LogP contribution in [-0.4, -0.2) is 52.2 Å². The molecule has 1 aliphatic rings. The number of halogens is 1. The van der Waals surface area contributed by atoms with Crippen molar-refractivity contribution in [2.24, 2.45) is 0 Å². The second kappa shape index (κ2) is 9.32. The molecule has 0 unspecified atom stereocenters. The van der Waals surface area contributed by atoms with Crippen LogP contribution >= 0.6 is 11.6 Å². The molecule has 0 bridgehead atoms. The number of rotatable bonds is 6. The third-order valence-electron chi connectivity index (χ3n) is 5.35. The van der Waals surface area contributed by atoms with Gasteiger partial charge < -0.3 is 24.8 Å². The van der Waals surface area contributed by atoms with E-state index in [0.717, 1.165) is 5.39 Å². The number of likely N-dealkylation sites (tertiary alicyclic amines) is 1. The Morgan fingerprint density at radius 1 is 1.25 bits per heavy atom. The van der Waals surface area contributed by atoms with Gasteiger partial charge in [-0.1, -0.05) is 18.2 Å². The lowest BCUT2D eigenvalue weighted by Gasteiger charge is -2.31. The maximum absolute atomic E-state index is 11.8. The molecular weight excluding hydrogens is 432 g/mol. The van der Waals surface area contributed by atoms with E-state index in [-0.39, 0.29) is 17.8 Å². The largest absolute Gasteiger partial charge is 0.508 e. The van der Waals surface area contributed by atoms with Crippen molar-refractivity contribution < 1.29 is 19.4 Å². The van der Waals surface area contributed by atoms with Crippen molar-refractivity contribution in [2.75, 3.05) is 25.5 Å². The third kappa shape index (κ3) is 4.55. The Kier molecular flexibility index (Phi) is 6.32. The molecule has 1 aliphatic heterocycles. The van der Waals surface area contributed by atoms with Crippen LogP contribution in [0.25, 0.3) is 10.9 Å². The van der Waals surface area contributed by atoms with E-state index >= 15 is 0 Å². The highest BCUT2D eigenvalue weighted by molar-refractivity contribution is 6.33. The van der Waals surface area contributed by atoms with Crippen LogP contribution in [0.4, 0.5) is 11.5 Å². The number of ether oxygens (including phenoxy) is 2. The molecule has 4 rings (SSSR count). The standard InChI is InChI=1S/C23H23ClN4O4/c1-3-22(30)28-8-6-15(7-9-28)32-21-11-16-19(12-20(21)31-2)25-13-26-23(16)27-18-5-4-14(29)10-17(18)24/h3-5,10-13,15,29H,1,6-9H2,2H3,(H,25,26,27). The molecule has 3 aromatic rings. The van der Waals surface area contributed by atoms with Crippen LogP contribution in [0.3, 0.4) is 0 Å². The molecule has 2 N–H and O–H groups in total. The quantitative estimate of drug-likeness (QED) is 0.423. The Bertz CT molecular complexity index is 1160. The first-order valence-electron chi connectivity index (χ1n) is 10.1. The minimum Gasteiger partial charge on any atom is -0.508 e. The van der Waals surface area contributed by atoms with Gasteiger partial charge >= 0.3 is 0 Å². The molecule has 0 atom stereocenters. The van der Waals surface area contributed by atoms with Gasteiger partial charge in [0.25, 0.3) is 0 Å². The molecule has 8 nitrogen and oxygen atoms in total. The van der Waals surface area contributed by atoms with E-state index in [9.17, 15) is 9.90 Å². The Balaban J connectivity index is 1.61. The number of phenolic OH excluding ortho intramolecular Hbond substituents is 1. The molecule has 2 heterocycles. The van der Waals surface area contributed by atoms with Crippen molar-refractivity contribution in [1.29, 1.82) is 0 Å². The number of nitrogens with one attached hydrogen (secondary N) is 1. The van der Waals surface area contributed by atoms with E-state index in [2.05, 4.69) is 21.9 Å². The first-order chi connectivity index (χ1) is 15.5. The van der Waals surface area contributed by atoms with Crippen LogP contribution in [0.15, 0.2) is 49.3 Å². The minimum absolute atomic E-state index is 0.0530. The fourth-order valence-corrected chi connectivity index (χ4v) is 3.87. The Hall–Kier alpha value is -3.52. The normalized spacial score (nSPS) is 14.2. The highest BCUT2D eigenvalue weighted by atomic mass is 35.5. The SMILES string of the molecule is C=CC(=O)N1CCC(Oc2cc3c(Nc4ccc(O)cc4Cl)ncnc3cc2OC)CC1. The predicted octanol–water partition coefficient (Wildman–Crippen LogP) is 4.30. The number of methoxy groups -OCH3 is 1. The monoisotopic (exact) mass is 454 g/mol. The molecule has 2 aromatic carbocycles. The summed E-state index contributed by atoms with van der Waals surface area (Å²) in [4.78, 5) is 22.3. The first kappa shape index (κ1) is 21.7. The number of aromatic hydroxyl groups is 1. The first-order valence-corrected chi connectivity index (χ1v) is 10.5. The zero-order valence-electron chi connectivity index (χ0n) is 17.5. The summed E-state index contributed by atoms with van der Waals surface area (Å²) in [5, 5.41) is 13.9. The van der Waals surface area contributed by atoms with Gasteiger partial charge in [0.2, 0.25) is 5.91 Å². The van der Waals surface area contributed by atoms with Crippen LogP contribution < -0.4 is 14.8 Å². The topological polar surface area (TPSA) is 96.8 Å². The van der Waals surface area contributed by atoms with E-state index in [1.165, 1.54) is 18.5 Å². The molecule has 1 saturated heterocycles. The van der Waals surface area contributed by atoms with Crippen molar-refractivity contribution in [3.05, 3.63) is 54.3 Å². The number of hydrogen-bond acceptors (Lipinski definition) is 7. The van der Waals surface area contributed by atoms with Gasteiger partial charge in [0, 0.05) is 43.5 Å². The lowest BCUT2D eigenvalue weighted by Crippen LogP contribution is -2.41. The number of carbonyl (C=O) groups is 1. The van der Waals surface area contributed by atoms with Crippen molar-refractivity contribution in [3.63, 3.8) is 0 Å². The van der Waals surface area contributed by atoms with E-state index < -0.39 is 0 Å². The van der Waals surface area contributed by atoms with Crippen molar-refractivity contribution >= 4 is 39.9 Å². The lowest BCUT2D eigenvalue weighted by molar-refractivity contribution is -0.127. The second-order valence-corrected chi connectivity index (χ2v) is 7.79. The predicted molar refractivity (Wildman–Crippen MR) is 123 cm³/mol. The number of nitrogens with zero attached hydrogens (tertiary/aromatic N) is 3. The molecule has 0 saturated carbocycles. The highest BCUT2D eigenvalue weighted by Crippen LogP contribution is 2.37. The van der Waals surface area contributed by atoms with Gasteiger partial charge in [-0.05, 0) is 24.3 Å². The molecule has 166 valence electrons. The number of anilines is 2. The van der Waals surface area contributed by atoms with Crippen LogP contribution in [0.1, 0.15) is 12.8 Å². The van der Waals surface area contributed by atoms with Gasteiger partial charge in [-0.2, -0.15) is 0 Å². The average molecular weight is 455 g/mol. The Morgan fingerprint density at radius 3 is 2.72 bits per heavy atom. The number of piperidine rings is 1. The molecular formula is C23H23ClN4O4. The number of fused-ring (bicyclic) bond motifs is 1. The van der Waals surface area contributed by atoms with Crippen LogP contribution in [0, 0.1) is 0 Å². The van der Waals surface area contributed by atoms with Gasteiger partial charge in [-0.25, -0.2) is 9.97 Å². The molecule has 0 aliphatic carbocycles. The van der Waals surface area contributed by atoms with Gasteiger partial charge in [-0.15, -0.1) is 0 Å². The molecule has 0 spiro atoms. The Labute approximate surface area is 190 Å². The number of amides is 1. The lowest BCUT2D eigenvalue weighted by atomic mass is 10.1. The summed E-state index contributed by atoms with van der Waals surface area (Å²) in [6.07, 6.45) is 4.15. The molecule has 1 amide bonds. The molecule has 1 fully saturated rings. The van der Waals surface area contributed by atoms with Crippen molar-refractivity contribution in [3.8, 4) is 17.2 Å². The maximum atomic E-state index is 11.8. The molecule has 9 heteroatoms. The molecule has 1 aromatic heterocycles. The summed E-state index contributed by atoms with van der Waals surface area (Å²) >= 11 is 6.24. The van der Waals surface area contributed by atoms with E-state index in [0.29, 0.717) is 59.5 Å². The summed E-state index contributed by atoms with van der Waals surface area (Å²) < 4.78 is 11.8. The smallest absolute Gasteiger partial charge is 0.245 e. The Morgan fingerprint density at radius 2 is 2.03 bits per heavy atom. The van der Waals surface area contributed by atoms with E-state index in [1.54, 1.807) is 30.2 Å². The van der Waals surface area contributed by atoms with Crippen molar-refractivity contribution in [1.82, 2.24) is 14.9 Å². The van der Waals surface area contributed by atoms with Crippen LogP contribution in [0.5, 0.6) is 17.2 Å². The zero-order chi connectivity index (χ0) is 22.7. The minimum atomic E-state index is -0.0625. The van der Waals surface area contributed by atoms with Crippen molar-refractivity contribution in [2.45, 2.75) is 18.9 Å². The summed E-state index contributed by atoms with van der Waals surface area (Å²) in [6.45, 7) is 4.77. The number of phenols is 1. The number of benzene rings is 2. The zero-order valence-corrected chi connectivity index (χ0v) is 18.3. The summed E-state index contributed by atoms with van der Waals surface area (Å²) in [6, 6.07) is 8.30. The van der Waals surface area contributed by atoms with Gasteiger partial charge in [0.15, 0.2) is 11.5 Å². The second-order valence-electron chi connectivity index (χ2n) is 7.38. The van der Waals surface area contributed by atoms with E-state index in [4.69, 9.17) is 21.1 Å². The van der Waals surface area contributed by atoms with Gasteiger partial charge in [0.1, 0.15) is 24.0 Å². The number of aromatic nitrogens is 2. The molecule has 32 heavy (non-hydrogen) atoms. The highest BCUT2D eigenvalue weighted by Gasteiger charge is 2.24. The third-order valence-corrected chi connectivity index (χ3v) is 5.66. The van der Waals surface area contributed by atoms with Crippen LogP contribution in [0.2, 0.25) is 5.02 Å². The average Bonchev–Trinajstić information content (AvgIpc) is 2.80. The fourth-order valence-electron chi connectivity index (χ4n) is 3.65. The fraction of sp³-hybridized carbons (Fsp3) is 0.261. The summed E-state index contributed by atoms with van der Waals surface area (Å²) in [7, 11) is 1.58. The van der Waals surface area contributed by atoms with Gasteiger partial charge in [0.05, 0.1) is 23.3 Å². The van der Waals surface area contributed by atoms with Gasteiger partial charge in [-0.3, -0.25) is 4.79 Å².